The quantitative estimate of drug-likeness (QED) is 0.710. The second kappa shape index (κ2) is 7.41. The van der Waals surface area contributed by atoms with E-state index >= 15 is 0 Å². The van der Waals surface area contributed by atoms with Gasteiger partial charge in [-0.1, -0.05) is 28.1 Å². The Morgan fingerprint density at radius 2 is 1.62 bits per heavy atom. The Morgan fingerprint density at radius 1 is 1.00 bits per heavy atom. The summed E-state index contributed by atoms with van der Waals surface area (Å²) in [4.78, 5) is 0. The molecule has 0 radical (unpaired) electrons. The molecule has 2 nitrogen and oxygen atoms in total. The molecular formula is C16H15BrF2O2. The van der Waals surface area contributed by atoms with Crippen LogP contribution in [-0.4, -0.2) is 13.7 Å². The highest BCUT2D eigenvalue weighted by atomic mass is 79.9. The van der Waals surface area contributed by atoms with Crippen molar-refractivity contribution in [2.24, 2.45) is 0 Å². The Bertz CT molecular complexity index is 577. The number of halogens is 3. The van der Waals surface area contributed by atoms with Crippen LogP contribution >= 0.6 is 15.9 Å². The van der Waals surface area contributed by atoms with E-state index in [0.29, 0.717) is 17.3 Å². The Morgan fingerprint density at radius 3 is 2.14 bits per heavy atom. The molecule has 2 aromatic carbocycles. The van der Waals surface area contributed by atoms with E-state index in [1.54, 1.807) is 7.11 Å². The number of rotatable bonds is 6. The first-order chi connectivity index (χ1) is 10.1. The van der Waals surface area contributed by atoms with E-state index in [-0.39, 0.29) is 12.4 Å². The average Bonchev–Trinajstić information content (AvgIpc) is 2.50. The van der Waals surface area contributed by atoms with Gasteiger partial charge >= 0.3 is 0 Å². The van der Waals surface area contributed by atoms with Crippen LogP contribution in [-0.2, 0) is 11.8 Å². The molecule has 21 heavy (non-hydrogen) atoms. The highest BCUT2D eigenvalue weighted by Gasteiger charge is 2.12. The molecule has 0 aliphatic heterocycles. The van der Waals surface area contributed by atoms with E-state index in [1.165, 1.54) is 12.1 Å². The SMILES string of the molecule is COc1ccc(CCOc2c(F)cc(CBr)cc2F)cc1. The third-order valence-corrected chi connectivity index (χ3v) is 3.66. The van der Waals surface area contributed by atoms with Crippen LogP contribution in [0, 0.1) is 11.6 Å². The molecule has 2 rings (SSSR count). The highest BCUT2D eigenvalue weighted by Crippen LogP contribution is 2.24. The van der Waals surface area contributed by atoms with Crippen LogP contribution in [0.15, 0.2) is 36.4 Å². The van der Waals surface area contributed by atoms with E-state index < -0.39 is 11.6 Å². The summed E-state index contributed by atoms with van der Waals surface area (Å²) in [6.07, 6.45) is 0.559. The maximum absolute atomic E-state index is 13.7. The molecule has 0 saturated heterocycles. The zero-order chi connectivity index (χ0) is 15.2. The lowest BCUT2D eigenvalue weighted by Crippen LogP contribution is -2.05. The van der Waals surface area contributed by atoms with Crippen molar-refractivity contribution in [3.8, 4) is 11.5 Å². The second-order valence-electron chi connectivity index (χ2n) is 4.47. The summed E-state index contributed by atoms with van der Waals surface area (Å²) in [5.74, 6) is -0.923. The lowest BCUT2D eigenvalue weighted by atomic mass is 10.1. The van der Waals surface area contributed by atoms with Crippen LogP contribution in [0.25, 0.3) is 0 Å². The van der Waals surface area contributed by atoms with Crippen LogP contribution in [0.3, 0.4) is 0 Å². The number of hydrogen-bond donors (Lipinski definition) is 0. The Balaban J connectivity index is 1.96. The molecule has 112 valence electrons. The molecule has 0 fully saturated rings. The first-order valence-corrected chi connectivity index (χ1v) is 7.56. The van der Waals surface area contributed by atoms with Crippen LogP contribution < -0.4 is 9.47 Å². The zero-order valence-electron chi connectivity index (χ0n) is 11.5. The third-order valence-electron chi connectivity index (χ3n) is 3.01. The molecule has 0 unspecified atom stereocenters. The molecule has 0 aromatic heterocycles. The van der Waals surface area contributed by atoms with Crippen LogP contribution in [0.2, 0.25) is 0 Å². The predicted octanol–water partition coefficient (Wildman–Crippen LogP) is 4.49. The third kappa shape index (κ3) is 4.17. The molecule has 5 heteroatoms. The lowest BCUT2D eigenvalue weighted by molar-refractivity contribution is 0.288. The van der Waals surface area contributed by atoms with Crippen molar-refractivity contribution < 1.29 is 18.3 Å². The van der Waals surface area contributed by atoms with Gasteiger partial charge in [0.1, 0.15) is 5.75 Å². The Hall–Kier alpha value is -1.62. The van der Waals surface area contributed by atoms with E-state index in [4.69, 9.17) is 9.47 Å². The molecule has 0 aliphatic rings. The summed E-state index contributed by atoms with van der Waals surface area (Å²) in [6, 6.07) is 9.98. The summed E-state index contributed by atoms with van der Waals surface area (Å²) >= 11 is 3.16. The molecule has 0 saturated carbocycles. The van der Waals surface area contributed by atoms with E-state index in [2.05, 4.69) is 15.9 Å². The van der Waals surface area contributed by atoms with E-state index in [9.17, 15) is 8.78 Å². The van der Waals surface area contributed by atoms with Gasteiger partial charge in [-0.3, -0.25) is 0 Å². The van der Waals surface area contributed by atoms with Crippen molar-refractivity contribution in [3.05, 3.63) is 59.2 Å². The topological polar surface area (TPSA) is 18.5 Å². The average molecular weight is 357 g/mol. The summed E-state index contributed by atoms with van der Waals surface area (Å²) in [5, 5.41) is 0.396. The number of ether oxygens (including phenoxy) is 2. The molecule has 0 atom stereocenters. The van der Waals surface area contributed by atoms with Gasteiger partial charge in [0.25, 0.3) is 0 Å². The fourth-order valence-electron chi connectivity index (χ4n) is 1.89. The number of benzene rings is 2. The van der Waals surface area contributed by atoms with Crippen LogP contribution in [0.4, 0.5) is 8.78 Å². The minimum atomic E-state index is -0.681. The van der Waals surface area contributed by atoms with Gasteiger partial charge in [-0.05, 0) is 35.4 Å². The van der Waals surface area contributed by atoms with Crippen molar-refractivity contribution in [3.63, 3.8) is 0 Å². The smallest absolute Gasteiger partial charge is 0.190 e. The van der Waals surface area contributed by atoms with Crippen molar-refractivity contribution in [1.29, 1.82) is 0 Å². The van der Waals surface area contributed by atoms with E-state index in [0.717, 1.165) is 11.3 Å². The van der Waals surface area contributed by atoms with Gasteiger partial charge in [0, 0.05) is 11.8 Å². The van der Waals surface area contributed by atoms with Gasteiger partial charge in [-0.15, -0.1) is 0 Å². The molecule has 0 bridgehead atoms. The summed E-state index contributed by atoms with van der Waals surface area (Å²) in [6.45, 7) is 0.202. The summed E-state index contributed by atoms with van der Waals surface area (Å²) in [7, 11) is 1.60. The standard InChI is InChI=1S/C16H15BrF2O2/c1-20-13-4-2-11(3-5-13)6-7-21-16-14(18)8-12(10-17)9-15(16)19/h2-5,8-9H,6-7,10H2,1H3. The Kier molecular flexibility index (Phi) is 5.56. The first-order valence-electron chi connectivity index (χ1n) is 6.43. The molecule has 2 aromatic rings. The van der Waals surface area contributed by atoms with Gasteiger partial charge in [0.2, 0.25) is 0 Å². The van der Waals surface area contributed by atoms with Gasteiger partial charge in [0.15, 0.2) is 17.4 Å². The molecule has 0 amide bonds. The largest absolute Gasteiger partial charge is 0.497 e. The highest BCUT2D eigenvalue weighted by molar-refractivity contribution is 9.08. The molecule has 0 heterocycles. The summed E-state index contributed by atoms with van der Waals surface area (Å²) < 4.78 is 37.7. The second-order valence-corrected chi connectivity index (χ2v) is 5.03. The van der Waals surface area contributed by atoms with Gasteiger partial charge in [-0.2, -0.15) is 0 Å². The summed E-state index contributed by atoms with van der Waals surface area (Å²) in [5.41, 5.74) is 1.54. The fraction of sp³-hybridized carbons (Fsp3) is 0.250. The lowest BCUT2D eigenvalue weighted by Gasteiger charge is -2.10. The first kappa shape index (κ1) is 15.8. The number of alkyl halides is 1. The molecule has 0 aliphatic carbocycles. The predicted molar refractivity (Wildman–Crippen MR) is 81.2 cm³/mol. The number of methoxy groups -OCH3 is 1. The molecular weight excluding hydrogens is 342 g/mol. The van der Waals surface area contributed by atoms with Crippen molar-refractivity contribution in [1.82, 2.24) is 0 Å². The Labute approximate surface area is 130 Å². The fourth-order valence-corrected chi connectivity index (χ4v) is 2.21. The van der Waals surface area contributed by atoms with E-state index in [1.807, 2.05) is 24.3 Å². The molecule has 0 spiro atoms. The maximum Gasteiger partial charge on any atom is 0.190 e. The minimum absolute atomic E-state index is 0.202. The number of hydrogen-bond acceptors (Lipinski definition) is 2. The maximum atomic E-state index is 13.7. The zero-order valence-corrected chi connectivity index (χ0v) is 13.1. The monoisotopic (exact) mass is 356 g/mol. The molecule has 0 N–H and O–H groups in total. The van der Waals surface area contributed by atoms with Gasteiger partial charge in [-0.25, -0.2) is 8.78 Å². The van der Waals surface area contributed by atoms with Crippen molar-refractivity contribution >= 4 is 15.9 Å². The van der Waals surface area contributed by atoms with Crippen LogP contribution in [0.1, 0.15) is 11.1 Å². The van der Waals surface area contributed by atoms with Crippen molar-refractivity contribution in [2.75, 3.05) is 13.7 Å². The van der Waals surface area contributed by atoms with Crippen molar-refractivity contribution in [2.45, 2.75) is 11.8 Å². The van der Waals surface area contributed by atoms with Gasteiger partial charge < -0.3 is 9.47 Å². The normalized spacial score (nSPS) is 10.5. The minimum Gasteiger partial charge on any atom is -0.497 e. The van der Waals surface area contributed by atoms with Crippen LogP contribution in [0.5, 0.6) is 11.5 Å². The van der Waals surface area contributed by atoms with Gasteiger partial charge in [0.05, 0.1) is 13.7 Å².